The van der Waals surface area contributed by atoms with Crippen molar-refractivity contribution in [1.82, 2.24) is 14.5 Å². The van der Waals surface area contributed by atoms with E-state index in [2.05, 4.69) is 15.3 Å². The van der Waals surface area contributed by atoms with Gasteiger partial charge in [-0.05, 0) is 30.5 Å². The van der Waals surface area contributed by atoms with Gasteiger partial charge in [-0.3, -0.25) is 14.3 Å². The van der Waals surface area contributed by atoms with Crippen LogP contribution in [0.2, 0.25) is 0 Å². The van der Waals surface area contributed by atoms with Crippen LogP contribution in [0.25, 0.3) is 16.6 Å². The van der Waals surface area contributed by atoms with E-state index >= 15 is 0 Å². The second-order valence-electron chi connectivity index (χ2n) is 5.67. The van der Waals surface area contributed by atoms with Crippen molar-refractivity contribution in [3.05, 3.63) is 78.8 Å². The van der Waals surface area contributed by atoms with Crippen LogP contribution in [0.15, 0.2) is 78.2 Å². The first-order chi connectivity index (χ1) is 12.8. The van der Waals surface area contributed by atoms with Crippen molar-refractivity contribution in [2.24, 2.45) is 0 Å². The third-order valence-electron chi connectivity index (χ3n) is 4.01. The molecule has 2 heterocycles. The van der Waals surface area contributed by atoms with Gasteiger partial charge >= 0.3 is 0 Å². The van der Waals surface area contributed by atoms with Crippen LogP contribution < -0.4 is 5.32 Å². The number of hydrogen-bond acceptors (Lipinski definition) is 4. The third-order valence-corrected chi connectivity index (χ3v) is 4.66. The molecule has 2 aromatic heterocycles. The monoisotopic (exact) mass is 360 g/mol. The molecule has 4 rings (SSSR count). The van der Waals surface area contributed by atoms with Crippen LogP contribution in [0.3, 0.4) is 0 Å². The zero-order chi connectivity index (χ0) is 17.9. The number of aromatic nitrogens is 3. The van der Waals surface area contributed by atoms with Gasteiger partial charge in [0.1, 0.15) is 5.69 Å². The van der Waals surface area contributed by atoms with E-state index in [-0.39, 0.29) is 5.91 Å². The highest BCUT2D eigenvalue weighted by Gasteiger charge is 2.18. The quantitative estimate of drug-likeness (QED) is 0.548. The number of para-hydroxylation sites is 2. The van der Waals surface area contributed by atoms with Crippen LogP contribution in [-0.4, -0.2) is 26.7 Å². The van der Waals surface area contributed by atoms with Crippen LogP contribution in [-0.2, 0) is 0 Å². The van der Waals surface area contributed by atoms with E-state index in [1.165, 1.54) is 11.8 Å². The van der Waals surface area contributed by atoms with Gasteiger partial charge in [0.15, 0.2) is 5.16 Å². The average Bonchev–Trinajstić information content (AvgIpc) is 3.13. The molecule has 0 fully saturated rings. The maximum Gasteiger partial charge on any atom is 0.274 e. The maximum atomic E-state index is 12.9. The molecule has 0 aliphatic carbocycles. The Hall–Kier alpha value is -3.12. The zero-order valence-corrected chi connectivity index (χ0v) is 14.9. The molecular weight excluding hydrogens is 344 g/mol. The number of fused-ring (bicyclic) bond motifs is 1. The number of thioether (sulfide) groups is 1. The summed E-state index contributed by atoms with van der Waals surface area (Å²) < 4.78 is 1.86. The summed E-state index contributed by atoms with van der Waals surface area (Å²) in [6, 6.07) is 19.4. The molecule has 1 N–H and O–H groups in total. The smallest absolute Gasteiger partial charge is 0.274 e. The Morgan fingerprint density at radius 3 is 2.58 bits per heavy atom. The molecule has 0 aliphatic rings. The number of nitrogens with zero attached hydrogens (tertiary/aromatic N) is 3. The number of rotatable bonds is 4. The lowest BCUT2D eigenvalue weighted by molar-refractivity contribution is 0.102. The lowest BCUT2D eigenvalue weighted by atomic mass is 10.2. The highest BCUT2D eigenvalue weighted by molar-refractivity contribution is 7.98. The second-order valence-corrected chi connectivity index (χ2v) is 6.45. The summed E-state index contributed by atoms with van der Waals surface area (Å²) in [6.07, 6.45) is 5.21. The zero-order valence-electron chi connectivity index (χ0n) is 14.1. The van der Waals surface area contributed by atoms with Crippen molar-refractivity contribution in [1.29, 1.82) is 0 Å². The Kier molecular flexibility index (Phi) is 4.41. The summed E-state index contributed by atoms with van der Waals surface area (Å²) in [4.78, 5) is 21.6. The summed E-state index contributed by atoms with van der Waals surface area (Å²) in [7, 11) is 0. The van der Waals surface area contributed by atoms with Crippen molar-refractivity contribution in [2.45, 2.75) is 5.16 Å². The number of pyridine rings is 1. The van der Waals surface area contributed by atoms with E-state index < -0.39 is 0 Å². The number of carbonyl (C=O) groups is 1. The van der Waals surface area contributed by atoms with Gasteiger partial charge in [-0.1, -0.05) is 48.2 Å². The molecule has 0 unspecified atom stereocenters. The first-order valence-corrected chi connectivity index (χ1v) is 9.32. The molecule has 2 aromatic carbocycles. The maximum absolute atomic E-state index is 12.9. The lowest BCUT2D eigenvalue weighted by Gasteiger charge is -2.11. The standard InChI is InChI=1S/C20H16N4OS/c1-26-20-22-13-18(24(20)16-8-3-2-4-9-16)19(25)23-15-11-14-7-5-6-10-17(14)21-12-15/h2-13H,1H3,(H,23,25). The van der Waals surface area contributed by atoms with E-state index in [0.29, 0.717) is 11.4 Å². The highest BCUT2D eigenvalue weighted by atomic mass is 32.2. The molecule has 0 radical (unpaired) electrons. The highest BCUT2D eigenvalue weighted by Crippen LogP contribution is 2.23. The van der Waals surface area contributed by atoms with Gasteiger partial charge in [0.25, 0.3) is 5.91 Å². The molecule has 0 aliphatic heterocycles. The van der Waals surface area contributed by atoms with E-state index in [4.69, 9.17) is 0 Å². The van der Waals surface area contributed by atoms with Gasteiger partial charge in [0.2, 0.25) is 0 Å². The van der Waals surface area contributed by atoms with E-state index in [1.807, 2.05) is 71.5 Å². The van der Waals surface area contributed by atoms with Gasteiger partial charge in [0.05, 0.1) is 23.6 Å². The fraction of sp³-hybridized carbons (Fsp3) is 0.0500. The molecule has 0 saturated heterocycles. The number of carbonyl (C=O) groups excluding carboxylic acids is 1. The van der Waals surface area contributed by atoms with Crippen LogP contribution >= 0.6 is 11.8 Å². The number of anilines is 1. The lowest BCUT2D eigenvalue weighted by Crippen LogP contribution is -2.16. The molecule has 128 valence electrons. The Labute approximate surface area is 155 Å². The Bertz CT molecular complexity index is 1080. The minimum absolute atomic E-state index is 0.223. The molecule has 5 nitrogen and oxygen atoms in total. The fourth-order valence-corrected chi connectivity index (χ4v) is 3.34. The number of imidazole rings is 1. The van der Waals surface area contributed by atoms with E-state index in [9.17, 15) is 4.79 Å². The molecular formula is C20H16N4OS. The van der Waals surface area contributed by atoms with Crippen LogP contribution in [0.1, 0.15) is 10.5 Å². The fourth-order valence-electron chi connectivity index (χ4n) is 2.80. The molecule has 0 atom stereocenters. The van der Waals surface area contributed by atoms with Crippen molar-refractivity contribution < 1.29 is 4.79 Å². The molecule has 0 saturated carbocycles. The van der Waals surface area contributed by atoms with E-state index in [0.717, 1.165) is 21.7 Å². The SMILES string of the molecule is CSc1ncc(C(=O)Nc2cnc3ccccc3c2)n1-c1ccccc1. The molecule has 4 aromatic rings. The minimum atomic E-state index is -0.223. The van der Waals surface area contributed by atoms with Crippen molar-refractivity contribution in [3.8, 4) is 5.69 Å². The molecule has 1 amide bonds. The van der Waals surface area contributed by atoms with Gasteiger partial charge in [-0.2, -0.15) is 0 Å². The van der Waals surface area contributed by atoms with Crippen molar-refractivity contribution >= 4 is 34.3 Å². The van der Waals surface area contributed by atoms with Crippen molar-refractivity contribution in [2.75, 3.05) is 11.6 Å². The first-order valence-electron chi connectivity index (χ1n) is 8.09. The normalized spacial score (nSPS) is 10.8. The third kappa shape index (κ3) is 3.07. The molecule has 0 bridgehead atoms. The van der Waals surface area contributed by atoms with Gasteiger partial charge in [-0.25, -0.2) is 4.98 Å². The largest absolute Gasteiger partial charge is 0.319 e. The molecule has 26 heavy (non-hydrogen) atoms. The minimum Gasteiger partial charge on any atom is -0.319 e. The predicted molar refractivity (Wildman–Crippen MR) is 105 cm³/mol. The summed E-state index contributed by atoms with van der Waals surface area (Å²) >= 11 is 1.50. The number of amides is 1. The molecule has 0 spiro atoms. The summed E-state index contributed by atoms with van der Waals surface area (Å²) in [5, 5.41) is 4.67. The summed E-state index contributed by atoms with van der Waals surface area (Å²) in [5.74, 6) is -0.223. The van der Waals surface area contributed by atoms with Crippen LogP contribution in [0, 0.1) is 0 Å². The van der Waals surface area contributed by atoms with Crippen LogP contribution in [0.5, 0.6) is 0 Å². The summed E-state index contributed by atoms with van der Waals surface area (Å²) in [5.41, 5.74) is 2.93. The Morgan fingerprint density at radius 2 is 1.77 bits per heavy atom. The Balaban J connectivity index is 1.69. The summed E-state index contributed by atoms with van der Waals surface area (Å²) in [6.45, 7) is 0. The number of hydrogen-bond donors (Lipinski definition) is 1. The second kappa shape index (κ2) is 7.01. The van der Waals surface area contributed by atoms with Crippen molar-refractivity contribution in [3.63, 3.8) is 0 Å². The number of benzene rings is 2. The van der Waals surface area contributed by atoms with Crippen LogP contribution in [0.4, 0.5) is 5.69 Å². The van der Waals surface area contributed by atoms with Gasteiger partial charge < -0.3 is 5.32 Å². The number of nitrogens with one attached hydrogen (secondary N) is 1. The van der Waals surface area contributed by atoms with E-state index in [1.54, 1.807) is 12.4 Å². The van der Waals surface area contributed by atoms with Gasteiger partial charge in [-0.15, -0.1) is 0 Å². The Morgan fingerprint density at radius 1 is 1.00 bits per heavy atom. The first kappa shape index (κ1) is 16.4. The van der Waals surface area contributed by atoms with Gasteiger partial charge in [0, 0.05) is 11.1 Å². The topological polar surface area (TPSA) is 59.8 Å². The molecule has 6 heteroatoms. The average molecular weight is 360 g/mol. The predicted octanol–water partition coefficient (Wildman–Crippen LogP) is 4.39.